The van der Waals surface area contributed by atoms with E-state index in [-0.39, 0.29) is 18.0 Å². The number of carbonyl (C=O) groups is 2. The van der Waals surface area contributed by atoms with Crippen LogP contribution in [0.25, 0.3) is 0 Å². The molecule has 1 aromatic rings. The molecule has 0 heterocycles. The first-order chi connectivity index (χ1) is 9.40. The highest BCUT2D eigenvalue weighted by molar-refractivity contribution is 9.10. The number of benzene rings is 1. The van der Waals surface area contributed by atoms with Gasteiger partial charge in [-0.3, -0.25) is 4.79 Å². The van der Waals surface area contributed by atoms with Gasteiger partial charge in [-0.25, -0.2) is 4.79 Å². The van der Waals surface area contributed by atoms with Crippen molar-refractivity contribution >= 4 is 33.5 Å². The van der Waals surface area contributed by atoms with Crippen LogP contribution in [0.5, 0.6) is 0 Å². The van der Waals surface area contributed by atoms with Gasteiger partial charge < -0.3 is 14.9 Å². The van der Waals surface area contributed by atoms with Gasteiger partial charge in [0.25, 0.3) is 0 Å². The smallest absolute Gasteiger partial charge is 0.335 e. The molecule has 0 unspecified atom stereocenters. The molecule has 1 rings (SSSR count). The van der Waals surface area contributed by atoms with Gasteiger partial charge in [-0.15, -0.1) is 0 Å². The predicted molar refractivity (Wildman–Crippen MR) is 82.3 cm³/mol. The summed E-state index contributed by atoms with van der Waals surface area (Å²) in [6, 6.07) is 4.76. The van der Waals surface area contributed by atoms with Gasteiger partial charge >= 0.3 is 5.97 Å². The molecular formula is C14H19BrN2O3. The van der Waals surface area contributed by atoms with Gasteiger partial charge in [0.05, 0.1) is 17.8 Å². The van der Waals surface area contributed by atoms with Crippen LogP contribution in [0.3, 0.4) is 0 Å². The average molecular weight is 343 g/mol. The number of carbonyl (C=O) groups excluding carboxylic acids is 1. The van der Waals surface area contributed by atoms with Crippen molar-refractivity contribution < 1.29 is 14.7 Å². The summed E-state index contributed by atoms with van der Waals surface area (Å²) in [5, 5.41) is 8.93. The number of halogens is 1. The van der Waals surface area contributed by atoms with Crippen molar-refractivity contribution in [2.75, 3.05) is 31.6 Å². The van der Waals surface area contributed by atoms with E-state index in [1.807, 2.05) is 20.9 Å². The Morgan fingerprint density at radius 3 is 2.30 bits per heavy atom. The highest BCUT2D eigenvalue weighted by atomic mass is 79.9. The van der Waals surface area contributed by atoms with Crippen LogP contribution in [0, 0.1) is 0 Å². The molecule has 0 saturated heterocycles. The molecule has 110 valence electrons. The Labute approximate surface area is 127 Å². The Morgan fingerprint density at radius 1 is 1.25 bits per heavy atom. The zero-order valence-electron chi connectivity index (χ0n) is 11.9. The maximum atomic E-state index is 12.1. The summed E-state index contributed by atoms with van der Waals surface area (Å²) >= 11 is 3.35. The number of aromatic carboxylic acids is 1. The molecule has 0 spiro atoms. The molecule has 0 aliphatic rings. The Bertz CT molecular complexity index is 501. The minimum atomic E-state index is -0.973. The summed E-state index contributed by atoms with van der Waals surface area (Å²) in [5.74, 6) is -0.925. The van der Waals surface area contributed by atoms with Crippen molar-refractivity contribution in [3.05, 3.63) is 28.2 Å². The van der Waals surface area contributed by atoms with Crippen molar-refractivity contribution in [3.8, 4) is 0 Å². The Hall–Kier alpha value is -1.56. The van der Waals surface area contributed by atoms with E-state index in [2.05, 4.69) is 15.9 Å². The quantitative estimate of drug-likeness (QED) is 0.862. The number of carboxylic acids is 1. The van der Waals surface area contributed by atoms with E-state index in [4.69, 9.17) is 5.11 Å². The Balaban J connectivity index is 2.85. The molecule has 0 aliphatic carbocycles. The number of likely N-dealkylation sites (N-methyl/N-ethyl adjacent to an activating group) is 2. The lowest BCUT2D eigenvalue weighted by Crippen LogP contribution is -2.38. The van der Waals surface area contributed by atoms with Gasteiger partial charge in [0.1, 0.15) is 0 Å². The summed E-state index contributed by atoms with van der Waals surface area (Å²) in [5.41, 5.74) is 1.000. The lowest BCUT2D eigenvalue weighted by atomic mass is 10.2. The molecule has 0 saturated carbocycles. The summed E-state index contributed by atoms with van der Waals surface area (Å²) in [6.45, 7) is 5.51. The van der Waals surface area contributed by atoms with Crippen LogP contribution in [0.4, 0.5) is 5.69 Å². The highest BCUT2D eigenvalue weighted by Gasteiger charge is 2.15. The zero-order chi connectivity index (χ0) is 15.3. The second-order valence-corrected chi connectivity index (χ2v) is 5.25. The SMILES string of the molecule is CCN(CC)C(=O)CN(C)c1ccc(C(=O)O)cc1Br. The topological polar surface area (TPSA) is 60.9 Å². The molecule has 0 fully saturated rings. The van der Waals surface area contributed by atoms with Crippen LogP contribution >= 0.6 is 15.9 Å². The normalized spacial score (nSPS) is 10.2. The minimum Gasteiger partial charge on any atom is -0.478 e. The Kier molecular flexibility index (Phi) is 6.01. The molecule has 0 aliphatic heterocycles. The standard InChI is InChI=1S/C14H19BrN2O3/c1-4-17(5-2)13(18)9-16(3)12-7-6-10(14(19)20)8-11(12)15/h6-8H,4-5,9H2,1-3H3,(H,19,20). The first kappa shape index (κ1) is 16.5. The fourth-order valence-electron chi connectivity index (χ4n) is 1.91. The maximum absolute atomic E-state index is 12.1. The molecule has 1 amide bonds. The number of anilines is 1. The second-order valence-electron chi connectivity index (χ2n) is 4.39. The van der Waals surface area contributed by atoms with E-state index in [9.17, 15) is 9.59 Å². The number of rotatable bonds is 6. The van der Waals surface area contributed by atoms with Crippen LogP contribution in [-0.2, 0) is 4.79 Å². The maximum Gasteiger partial charge on any atom is 0.335 e. The van der Waals surface area contributed by atoms with Crippen LogP contribution in [-0.4, -0.2) is 48.6 Å². The van der Waals surface area contributed by atoms with Crippen LogP contribution in [0.1, 0.15) is 24.2 Å². The van der Waals surface area contributed by atoms with Crippen molar-refractivity contribution in [1.29, 1.82) is 0 Å². The lowest BCUT2D eigenvalue weighted by Gasteiger charge is -2.25. The largest absolute Gasteiger partial charge is 0.478 e. The van der Waals surface area contributed by atoms with Crippen molar-refractivity contribution in [2.45, 2.75) is 13.8 Å². The molecule has 1 aromatic carbocycles. The highest BCUT2D eigenvalue weighted by Crippen LogP contribution is 2.26. The van der Waals surface area contributed by atoms with E-state index >= 15 is 0 Å². The van der Waals surface area contributed by atoms with Gasteiger partial charge in [-0.2, -0.15) is 0 Å². The summed E-state index contributed by atoms with van der Waals surface area (Å²) < 4.78 is 0.659. The second kappa shape index (κ2) is 7.28. The third kappa shape index (κ3) is 3.96. The number of hydrogen-bond acceptors (Lipinski definition) is 3. The van der Waals surface area contributed by atoms with Gasteiger partial charge in [0.2, 0.25) is 5.91 Å². The monoisotopic (exact) mass is 342 g/mol. The van der Waals surface area contributed by atoms with Crippen LogP contribution in [0.2, 0.25) is 0 Å². The predicted octanol–water partition coefficient (Wildman–Crippen LogP) is 2.45. The minimum absolute atomic E-state index is 0.0479. The first-order valence-electron chi connectivity index (χ1n) is 6.42. The lowest BCUT2D eigenvalue weighted by molar-refractivity contribution is -0.129. The molecule has 0 bridgehead atoms. The molecule has 0 radical (unpaired) electrons. The number of hydrogen-bond donors (Lipinski definition) is 1. The summed E-state index contributed by atoms with van der Waals surface area (Å²) in [7, 11) is 1.81. The van der Waals surface area contributed by atoms with Crippen molar-refractivity contribution in [3.63, 3.8) is 0 Å². The van der Waals surface area contributed by atoms with Crippen LogP contribution in [0.15, 0.2) is 22.7 Å². The molecular weight excluding hydrogens is 324 g/mol. The van der Waals surface area contributed by atoms with Crippen molar-refractivity contribution in [1.82, 2.24) is 4.90 Å². The molecule has 5 nitrogen and oxygen atoms in total. The van der Waals surface area contributed by atoms with E-state index in [1.54, 1.807) is 15.9 Å². The summed E-state index contributed by atoms with van der Waals surface area (Å²) in [6.07, 6.45) is 0. The summed E-state index contributed by atoms with van der Waals surface area (Å²) in [4.78, 5) is 26.5. The van der Waals surface area contributed by atoms with E-state index in [0.29, 0.717) is 17.6 Å². The van der Waals surface area contributed by atoms with E-state index in [1.165, 1.54) is 12.1 Å². The third-order valence-electron chi connectivity index (χ3n) is 3.09. The zero-order valence-corrected chi connectivity index (χ0v) is 13.5. The molecule has 20 heavy (non-hydrogen) atoms. The van der Waals surface area contributed by atoms with Gasteiger partial charge in [0.15, 0.2) is 0 Å². The number of carboxylic acid groups (broad SMARTS) is 1. The molecule has 0 atom stereocenters. The van der Waals surface area contributed by atoms with E-state index in [0.717, 1.165) is 5.69 Å². The van der Waals surface area contributed by atoms with Gasteiger partial charge in [-0.05, 0) is 48.0 Å². The molecule has 0 aromatic heterocycles. The van der Waals surface area contributed by atoms with Gasteiger partial charge in [0, 0.05) is 24.6 Å². The van der Waals surface area contributed by atoms with Crippen molar-refractivity contribution in [2.24, 2.45) is 0 Å². The Morgan fingerprint density at radius 2 is 1.85 bits per heavy atom. The van der Waals surface area contributed by atoms with Gasteiger partial charge in [-0.1, -0.05) is 0 Å². The third-order valence-corrected chi connectivity index (χ3v) is 3.73. The average Bonchev–Trinajstić information content (AvgIpc) is 2.39. The fourth-order valence-corrected chi connectivity index (χ4v) is 2.60. The molecule has 1 N–H and O–H groups in total. The first-order valence-corrected chi connectivity index (χ1v) is 7.21. The number of nitrogens with zero attached hydrogens (tertiary/aromatic N) is 2. The molecule has 6 heteroatoms. The fraction of sp³-hybridized carbons (Fsp3) is 0.429. The number of amides is 1. The van der Waals surface area contributed by atoms with Crippen LogP contribution < -0.4 is 4.90 Å². The van der Waals surface area contributed by atoms with E-state index < -0.39 is 5.97 Å².